The highest BCUT2D eigenvalue weighted by Gasteiger charge is 2.60. The Labute approximate surface area is 430 Å². The van der Waals surface area contributed by atoms with E-state index in [1.165, 1.54) is 94.4 Å². The minimum absolute atomic E-state index is 0.210. The Kier molecular flexibility index (Phi) is 11.2. The summed E-state index contributed by atoms with van der Waals surface area (Å²) in [6, 6.07) is 92.2. The summed E-state index contributed by atoms with van der Waals surface area (Å²) in [7, 11) is 0. The fraction of sp³-hybridized carbons (Fsp3) is 0.0833. The molecular weight excluding hydrogens is 879 g/mol. The highest BCUT2D eigenvalue weighted by atomic mass is 15.1. The number of nitrogens with zero attached hydrogens (tertiary/aromatic N) is 1. The van der Waals surface area contributed by atoms with Crippen molar-refractivity contribution in [1.82, 2.24) is 0 Å². The first-order chi connectivity index (χ1) is 36.0. The van der Waals surface area contributed by atoms with Crippen LogP contribution in [0.3, 0.4) is 0 Å². The van der Waals surface area contributed by atoms with Crippen LogP contribution in [0.25, 0.3) is 60.9 Å². The smallest absolute Gasteiger partial charge is 0.0551 e. The normalized spacial score (nSPS) is 17.4. The largest absolute Gasteiger partial charge is 0.310 e. The second-order valence-electron chi connectivity index (χ2n) is 20.1. The summed E-state index contributed by atoms with van der Waals surface area (Å²) in [5.41, 5.74) is 20.5. The molecule has 0 saturated heterocycles. The Morgan fingerprint density at radius 2 is 0.904 bits per heavy atom. The molecule has 10 aromatic rings. The molecule has 0 N–H and O–H groups in total. The average Bonchev–Trinajstić information content (AvgIpc) is 3.75. The van der Waals surface area contributed by atoms with Crippen molar-refractivity contribution in [2.45, 2.75) is 31.1 Å². The van der Waals surface area contributed by atoms with E-state index in [0.29, 0.717) is 0 Å². The quantitative estimate of drug-likeness (QED) is 0.132. The van der Waals surface area contributed by atoms with Gasteiger partial charge in [-0.2, -0.15) is 0 Å². The van der Waals surface area contributed by atoms with Crippen LogP contribution >= 0.6 is 0 Å². The lowest BCUT2D eigenvalue weighted by atomic mass is 9.54. The Balaban J connectivity index is 0.853. The number of benzene rings is 10. The van der Waals surface area contributed by atoms with Gasteiger partial charge in [0.05, 0.1) is 5.41 Å². The van der Waals surface area contributed by atoms with E-state index in [9.17, 15) is 0 Å². The fourth-order valence-electron chi connectivity index (χ4n) is 12.5. The maximum atomic E-state index is 2.50. The van der Waals surface area contributed by atoms with Crippen LogP contribution in [0.5, 0.6) is 0 Å². The molecule has 3 aliphatic rings. The van der Waals surface area contributed by atoms with E-state index >= 15 is 0 Å². The molecular formula is C72H55N. The lowest BCUT2D eigenvalue weighted by Gasteiger charge is -2.47. The number of fused-ring (bicyclic) bond motifs is 4. The third kappa shape index (κ3) is 7.63. The molecule has 1 nitrogen and oxygen atoms in total. The SMILES string of the molecule is CC12C=CC=CC1c1ccc(-c3ccc(N(C4=C(c5ccccc5)CCC=C4)c4ccc(-c5ccc(-c6cccc(-c7ccc8ccccc8c7)c6)cc5)cc4)cc3)cc1C2(c1ccccc1)c1ccccc1. The second-order valence-corrected chi connectivity index (χ2v) is 20.1. The van der Waals surface area contributed by atoms with Crippen molar-refractivity contribution in [3.8, 4) is 44.5 Å². The van der Waals surface area contributed by atoms with Gasteiger partial charge in [-0.05, 0) is 150 Å². The van der Waals surface area contributed by atoms with E-state index in [0.717, 1.165) is 24.2 Å². The Morgan fingerprint density at radius 3 is 1.55 bits per heavy atom. The summed E-state index contributed by atoms with van der Waals surface area (Å²) < 4.78 is 0. The van der Waals surface area contributed by atoms with Crippen molar-refractivity contribution in [3.05, 3.63) is 319 Å². The summed E-state index contributed by atoms with van der Waals surface area (Å²) in [6.07, 6.45) is 16.0. The van der Waals surface area contributed by atoms with Crippen LogP contribution in [0, 0.1) is 5.41 Å². The zero-order chi connectivity index (χ0) is 48.8. The molecule has 0 amide bonds. The highest BCUT2D eigenvalue weighted by molar-refractivity contribution is 5.89. The number of allylic oxidation sites excluding steroid dienone is 7. The maximum absolute atomic E-state index is 2.50. The van der Waals surface area contributed by atoms with Gasteiger partial charge in [0, 0.05) is 28.4 Å². The van der Waals surface area contributed by atoms with Crippen LogP contribution in [0.2, 0.25) is 0 Å². The van der Waals surface area contributed by atoms with E-state index in [-0.39, 0.29) is 11.3 Å². The van der Waals surface area contributed by atoms with Crippen LogP contribution in [0.4, 0.5) is 11.4 Å². The standard InChI is InChI=1S/C72H55N/c1-71-47-16-15-29-68(71)67-46-41-61(50-69(67)72(71,62-24-7-3-8-25-62)63-26-9-4-10-27-63)55-39-44-65(45-40-55)73(70-30-14-13-28-66(70)56-19-5-2-6-20-56)64-42-37-53(38-43-64)52-31-33-54(34-32-52)58-22-17-23-59(48-58)60-36-35-51-18-11-12-21-57(51)49-60/h2-12,14-27,29-50,68H,13,28H2,1H3. The fourth-order valence-corrected chi connectivity index (χ4v) is 12.5. The van der Waals surface area contributed by atoms with E-state index in [1.807, 2.05) is 0 Å². The Morgan fingerprint density at radius 1 is 0.411 bits per heavy atom. The molecule has 10 aromatic carbocycles. The van der Waals surface area contributed by atoms with Crippen molar-refractivity contribution in [2.24, 2.45) is 5.41 Å². The molecule has 2 atom stereocenters. The number of hydrogen-bond donors (Lipinski definition) is 0. The molecule has 3 aliphatic carbocycles. The first kappa shape index (κ1) is 44.2. The summed E-state index contributed by atoms with van der Waals surface area (Å²) in [5, 5.41) is 2.52. The first-order valence-corrected chi connectivity index (χ1v) is 25.8. The minimum atomic E-state index is -0.393. The van der Waals surface area contributed by atoms with Crippen LogP contribution in [0.15, 0.2) is 291 Å². The maximum Gasteiger partial charge on any atom is 0.0551 e. The molecule has 0 spiro atoms. The van der Waals surface area contributed by atoms with Gasteiger partial charge in [-0.25, -0.2) is 0 Å². The minimum Gasteiger partial charge on any atom is -0.310 e. The van der Waals surface area contributed by atoms with Gasteiger partial charge in [0.15, 0.2) is 0 Å². The number of hydrogen-bond acceptors (Lipinski definition) is 1. The van der Waals surface area contributed by atoms with Gasteiger partial charge < -0.3 is 4.90 Å². The van der Waals surface area contributed by atoms with Crippen LogP contribution in [-0.4, -0.2) is 0 Å². The molecule has 0 radical (unpaired) electrons. The zero-order valence-electron chi connectivity index (χ0n) is 41.1. The molecule has 1 heteroatoms. The van der Waals surface area contributed by atoms with Crippen LogP contribution < -0.4 is 4.90 Å². The second kappa shape index (κ2) is 18.4. The van der Waals surface area contributed by atoms with E-state index < -0.39 is 5.41 Å². The van der Waals surface area contributed by atoms with Gasteiger partial charge in [-0.1, -0.05) is 244 Å². The van der Waals surface area contributed by atoms with Crippen molar-refractivity contribution in [2.75, 3.05) is 4.90 Å². The van der Waals surface area contributed by atoms with Crippen molar-refractivity contribution in [1.29, 1.82) is 0 Å². The summed E-state index contributed by atoms with van der Waals surface area (Å²) in [4.78, 5) is 2.46. The summed E-state index contributed by atoms with van der Waals surface area (Å²) in [5.74, 6) is 0.240. The third-order valence-corrected chi connectivity index (χ3v) is 16.1. The Bertz CT molecular complexity index is 3730. The highest BCUT2D eigenvalue weighted by Crippen LogP contribution is 2.66. The number of rotatable bonds is 10. The molecule has 2 unspecified atom stereocenters. The van der Waals surface area contributed by atoms with Crippen LogP contribution in [-0.2, 0) is 5.41 Å². The van der Waals surface area contributed by atoms with E-state index in [1.54, 1.807) is 0 Å². The molecule has 0 saturated carbocycles. The molecule has 13 rings (SSSR count). The molecule has 348 valence electrons. The van der Waals surface area contributed by atoms with Crippen LogP contribution in [0.1, 0.15) is 53.5 Å². The van der Waals surface area contributed by atoms with Gasteiger partial charge >= 0.3 is 0 Å². The summed E-state index contributed by atoms with van der Waals surface area (Å²) in [6.45, 7) is 2.47. The zero-order valence-corrected chi connectivity index (χ0v) is 41.1. The van der Waals surface area contributed by atoms with Gasteiger partial charge in [0.25, 0.3) is 0 Å². The average molecular weight is 934 g/mol. The third-order valence-electron chi connectivity index (χ3n) is 16.1. The first-order valence-electron chi connectivity index (χ1n) is 25.8. The van der Waals surface area contributed by atoms with Gasteiger partial charge in [-0.15, -0.1) is 0 Å². The molecule has 0 aliphatic heterocycles. The topological polar surface area (TPSA) is 3.24 Å². The monoisotopic (exact) mass is 933 g/mol. The van der Waals surface area contributed by atoms with E-state index in [2.05, 4.69) is 297 Å². The molecule has 0 fully saturated rings. The predicted octanol–water partition coefficient (Wildman–Crippen LogP) is 19.0. The van der Waals surface area contributed by atoms with Crippen molar-refractivity contribution >= 4 is 27.7 Å². The molecule has 0 aromatic heterocycles. The van der Waals surface area contributed by atoms with Gasteiger partial charge in [0.2, 0.25) is 0 Å². The Hall–Kier alpha value is -8.78. The lowest BCUT2D eigenvalue weighted by molar-refractivity contribution is 0.289. The van der Waals surface area contributed by atoms with Gasteiger partial charge in [-0.3, -0.25) is 0 Å². The van der Waals surface area contributed by atoms with Crippen molar-refractivity contribution in [3.63, 3.8) is 0 Å². The van der Waals surface area contributed by atoms with Crippen molar-refractivity contribution < 1.29 is 0 Å². The van der Waals surface area contributed by atoms with Gasteiger partial charge in [0.1, 0.15) is 0 Å². The van der Waals surface area contributed by atoms with E-state index in [4.69, 9.17) is 0 Å². The molecule has 0 bridgehead atoms. The molecule has 73 heavy (non-hydrogen) atoms. The predicted molar refractivity (Wildman–Crippen MR) is 308 cm³/mol. The number of anilines is 2. The summed E-state index contributed by atoms with van der Waals surface area (Å²) >= 11 is 0. The molecule has 0 heterocycles. The lowest BCUT2D eigenvalue weighted by Crippen LogP contribution is -2.43.